The Morgan fingerprint density at radius 2 is 0.940 bits per heavy atom. The molecule has 0 aromatic carbocycles. The summed E-state index contributed by atoms with van der Waals surface area (Å²) in [6.07, 6.45) is 52.0. The van der Waals surface area contributed by atoms with Crippen LogP contribution in [0.1, 0.15) is 174 Å². The minimum Gasteiger partial charge on any atom is -0.387 e. The fourth-order valence-electron chi connectivity index (χ4n) is 5.69. The number of rotatable bonds is 35. The second kappa shape index (κ2) is 36.6. The monoisotopic (exact) mass is 718 g/mol. The van der Waals surface area contributed by atoms with Gasteiger partial charge in [-0.2, -0.15) is 8.42 Å². The van der Waals surface area contributed by atoms with Crippen molar-refractivity contribution in [3.05, 3.63) is 72.9 Å². The third-order valence-electron chi connectivity index (χ3n) is 8.67. The molecule has 0 aliphatic heterocycles. The Hall–Kier alpha value is -2.22. The van der Waals surface area contributed by atoms with Crippen LogP contribution in [0, 0.1) is 0 Å². The Kier molecular flexibility index (Phi) is 34.9. The van der Waals surface area contributed by atoms with Gasteiger partial charge < -0.3 is 10.4 Å². The molecule has 0 spiro atoms. The number of unbranched alkanes of at least 4 members (excludes halogenated alkanes) is 18. The van der Waals surface area contributed by atoms with Gasteiger partial charge in [0.2, 0.25) is 5.91 Å². The first-order valence-electron chi connectivity index (χ1n) is 20.1. The molecule has 3 N–H and O–H groups in total. The average Bonchev–Trinajstić information content (AvgIpc) is 3.08. The van der Waals surface area contributed by atoms with E-state index in [0.717, 1.165) is 44.9 Å². The molecule has 0 rings (SSSR count). The first-order chi connectivity index (χ1) is 24.3. The summed E-state index contributed by atoms with van der Waals surface area (Å²) in [6, 6.07) is -1.11. The van der Waals surface area contributed by atoms with Gasteiger partial charge in [-0.05, 0) is 44.9 Å². The number of amides is 1. The van der Waals surface area contributed by atoms with Crippen LogP contribution in [0.4, 0.5) is 0 Å². The number of aliphatic hydroxyl groups is 1. The molecule has 2 unspecified atom stereocenters. The zero-order chi connectivity index (χ0) is 36.8. The Bertz CT molecular complexity index is 1060. The molecule has 0 heterocycles. The quantitative estimate of drug-likeness (QED) is 0.0344. The molecular weight excluding hydrogens is 643 g/mol. The van der Waals surface area contributed by atoms with E-state index in [9.17, 15) is 22.9 Å². The van der Waals surface area contributed by atoms with Gasteiger partial charge in [0.25, 0.3) is 10.1 Å². The highest BCUT2D eigenvalue weighted by molar-refractivity contribution is 7.85. The van der Waals surface area contributed by atoms with Crippen molar-refractivity contribution in [1.29, 1.82) is 0 Å². The molecule has 0 saturated heterocycles. The van der Waals surface area contributed by atoms with E-state index in [1.54, 1.807) is 6.08 Å². The molecule has 0 bridgehead atoms. The Labute approximate surface area is 308 Å². The van der Waals surface area contributed by atoms with E-state index in [4.69, 9.17) is 0 Å². The number of allylic oxidation sites excluding steroid dienone is 10. The van der Waals surface area contributed by atoms with Crippen LogP contribution >= 0.6 is 0 Å². The molecule has 0 aliphatic rings. The van der Waals surface area contributed by atoms with Gasteiger partial charge in [-0.25, -0.2) is 0 Å². The standard InChI is InChI=1S/C43H75NO5S/c1-3-5-7-9-11-13-15-17-19-20-21-22-23-25-26-28-30-32-34-36-38-42(45)41(40-50(47,48)49)44-43(46)39-37-35-33-31-29-27-24-18-16-14-12-10-8-6-4-2/h6,8,12,14,18,24,29,31,35-38,41-42,45H,3-5,7,9-11,13,15-17,19-23,25-28,30,32-34,39-40H2,1-2H3,(H,44,46)(H,47,48,49)/b8-6-,14-12-,24-18-,31-29-,37-35-,38-36+. The molecule has 0 fully saturated rings. The number of aliphatic hydroxyl groups excluding tert-OH is 1. The van der Waals surface area contributed by atoms with Crippen molar-refractivity contribution in [3.8, 4) is 0 Å². The van der Waals surface area contributed by atoms with Crippen LogP contribution in [0.15, 0.2) is 72.9 Å². The predicted molar refractivity (Wildman–Crippen MR) is 216 cm³/mol. The molecule has 0 aromatic heterocycles. The summed E-state index contributed by atoms with van der Waals surface area (Å²) in [5, 5.41) is 13.1. The van der Waals surface area contributed by atoms with E-state index in [0.29, 0.717) is 6.42 Å². The van der Waals surface area contributed by atoms with Gasteiger partial charge in [0.15, 0.2) is 0 Å². The van der Waals surface area contributed by atoms with Crippen molar-refractivity contribution in [2.75, 3.05) is 5.75 Å². The number of hydrogen-bond acceptors (Lipinski definition) is 4. The van der Waals surface area contributed by atoms with E-state index in [1.807, 2.05) is 18.2 Å². The molecular formula is C43H75NO5S. The number of carbonyl (C=O) groups is 1. The summed E-state index contributed by atoms with van der Waals surface area (Å²) in [4.78, 5) is 12.4. The zero-order valence-electron chi connectivity index (χ0n) is 32.0. The molecule has 0 saturated carbocycles. The van der Waals surface area contributed by atoms with Gasteiger partial charge in [-0.3, -0.25) is 9.35 Å². The lowest BCUT2D eigenvalue weighted by atomic mass is 10.0. The van der Waals surface area contributed by atoms with E-state index in [-0.39, 0.29) is 6.42 Å². The van der Waals surface area contributed by atoms with Crippen LogP contribution in [0.5, 0.6) is 0 Å². The van der Waals surface area contributed by atoms with Crippen LogP contribution in [-0.2, 0) is 14.9 Å². The Morgan fingerprint density at radius 3 is 1.34 bits per heavy atom. The number of hydrogen-bond donors (Lipinski definition) is 3. The maximum atomic E-state index is 12.4. The molecule has 7 heteroatoms. The molecule has 0 radical (unpaired) electrons. The average molecular weight is 718 g/mol. The van der Waals surface area contributed by atoms with Crippen molar-refractivity contribution < 1.29 is 22.9 Å². The van der Waals surface area contributed by atoms with Crippen molar-refractivity contribution in [1.82, 2.24) is 5.32 Å². The number of nitrogens with one attached hydrogen (secondary N) is 1. The second-order valence-electron chi connectivity index (χ2n) is 13.6. The van der Waals surface area contributed by atoms with Gasteiger partial charge in [0.05, 0.1) is 17.9 Å². The van der Waals surface area contributed by atoms with Gasteiger partial charge in [-0.15, -0.1) is 0 Å². The van der Waals surface area contributed by atoms with Gasteiger partial charge in [-0.1, -0.05) is 196 Å². The normalized spacial score (nSPS) is 14.1. The SMILES string of the molecule is CC/C=C\C/C=C\C/C=C\C/C=C\C/C=C\CC(=O)NC(CS(=O)(=O)O)C(O)/C=C/CCCCCCCCCCCCCCCCCCCC. The van der Waals surface area contributed by atoms with Crippen molar-refractivity contribution in [2.24, 2.45) is 0 Å². The molecule has 2 atom stereocenters. The van der Waals surface area contributed by atoms with Crippen molar-refractivity contribution >= 4 is 16.0 Å². The van der Waals surface area contributed by atoms with Gasteiger partial charge in [0, 0.05) is 6.42 Å². The maximum absolute atomic E-state index is 12.4. The summed E-state index contributed by atoms with van der Waals surface area (Å²) in [6.45, 7) is 4.40. The summed E-state index contributed by atoms with van der Waals surface area (Å²) in [7, 11) is -4.38. The molecule has 288 valence electrons. The second-order valence-corrected chi connectivity index (χ2v) is 15.0. The molecule has 50 heavy (non-hydrogen) atoms. The van der Waals surface area contributed by atoms with Crippen molar-refractivity contribution in [3.63, 3.8) is 0 Å². The summed E-state index contributed by atoms with van der Waals surface area (Å²) in [5.41, 5.74) is 0. The van der Waals surface area contributed by atoms with E-state index in [2.05, 4.69) is 61.7 Å². The van der Waals surface area contributed by atoms with Crippen LogP contribution in [0.25, 0.3) is 0 Å². The summed E-state index contributed by atoms with van der Waals surface area (Å²) in [5.74, 6) is -1.15. The molecule has 0 aromatic rings. The molecule has 0 aliphatic carbocycles. The van der Waals surface area contributed by atoms with Crippen LogP contribution in [-0.4, -0.2) is 41.9 Å². The topological polar surface area (TPSA) is 104 Å². The largest absolute Gasteiger partial charge is 0.387 e. The van der Waals surface area contributed by atoms with Gasteiger partial charge >= 0.3 is 0 Å². The summed E-state index contributed by atoms with van der Waals surface area (Å²) < 4.78 is 32.4. The van der Waals surface area contributed by atoms with Crippen LogP contribution in [0.2, 0.25) is 0 Å². The highest BCUT2D eigenvalue weighted by Crippen LogP contribution is 2.15. The maximum Gasteiger partial charge on any atom is 0.267 e. The fourth-order valence-corrected chi connectivity index (χ4v) is 6.43. The van der Waals surface area contributed by atoms with Crippen LogP contribution in [0.3, 0.4) is 0 Å². The third kappa shape index (κ3) is 37.0. The van der Waals surface area contributed by atoms with Crippen molar-refractivity contribution in [2.45, 2.75) is 187 Å². The lowest BCUT2D eigenvalue weighted by molar-refractivity contribution is -0.121. The van der Waals surface area contributed by atoms with E-state index in [1.165, 1.54) is 109 Å². The third-order valence-corrected chi connectivity index (χ3v) is 9.45. The molecule has 1 amide bonds. The van der Waals surface area contributed by atoms with Crippen LogP contribution < -0.4 is 5.32 Å². The molecule has 6 nitrogen and oxygen atoms in total. The van der Waals surface area contributed by atoms with E-state index < -0.39 is 33.9 Å². The highest BCUT2D eigenvalue weighted by atomic mass is 32.2. The predicted octanol–water partition coefficient (Wildman–Crippen LogP) is 11.8. The van der Waals surface area contributed by atoms with E-state index >= 15 is 0 Å². The zero-order valence-corrected chi connectivity index (χ0v) is 32.8. The Balaban J connectivity index is 4.05. The lowest BCUT2D eigenvalue weighted by Gasteiger charge is -2.20. The minimum absolute atomic E-state index is 0.0608. The lowest BCUT2D eigenvalue weighted by Crippen LogP contribution is -2.46. The first-order valence-corrected chi connectivity index (χ1v) is 21.7. The van der Waals surface area contributed by atoms with Gasteiger partial charge in [0.1, 0.15) is 0 Å². The summed E-state index contributed by atoms with van der Waals surface area (Å²) >= 11 is 0. The first kappa shape index (κ1) is 47.8. The number of carbonyl (C=O) groups excluding carboxylic acids is 1. The highest BCUT2D eigenvalue weighted by Gasteiger charge is 2.24. The smallest absolute Gasteiger partial charge is 0.267 e. The Morgan fingerprint density at radius 1 is 0.560 bits per heavy atom. The minimum atomic E-state index is -4.38. The fraction of sp³-hybridized carbons (Fsp3) is 0.698.